The Bertz CT molecular complexity index is 704. The van der Waals surface area contributed by atoms with Gasteiger partial charge >= 0.3 is 5.97 Å². The summed E-state index contributed by atoms with van der Waals surface area (Å²) in [5.74, 6) is -1.90. The Morgan fingerprint density at radius 3 is 2.46 bits per heavy atom. The molecule has 1 aromatic carbocycles. The van der Waals surface area contributed by atoms with E-state index in [9.17, 15) is 18.0 Å². The predicted octanol–water partition coefficient (Wildman–Crippen LogP) is 1.02. The molecule has 1 aliphatic rings. The zero-order valence-electron chi connectivity index (χ0n) is 13.8. The highest BCUT2D eigenvalue weighted by atomic mass is 32.2. The van der Waals surface area contributed by atoms with Gasteiger partial charge in [0.05, 0.1) is 17.4 Å². The van der Waals surface area contributed by atoms with Crippen molar-refractivity contribution in [2.45, 2.75) is 30.7 Å². The minimum Gasteiger partial charge on any atom is -0.481 e. The van der Waals surface area contributed by atoms with Gasteiger partial charge in [-0.2, -0.15) is 4.31 Å². The summed E-state index contributed by atoms with van der Waals surface area (Å²) in [6.45, 7) is 1.66. The van der Waals surface area contributed by atoms with Crippen LogP contribution in [0, 0.1) is 5.92 Å². The number of carboxylic acid groups (broad SMARTS) is 1. The largest absolute Gasteiger partial charge is 0.481 e. The van der Waals surface area contributed by atoms with E-state index in [1.165, 1.54) is 24.1 Å². The molecule has 0 spiro atoms. The highest BCUT2D eigenvalue weighted by molar-refractivity contribution is 7.89. The summed E-state index contributed by atoms with van der Waals surface area (Å²) < 4.78 is 25.9. The van der Waals surface area contributed by atoms with E-state index in [4.69, 9.17) is 5.11 Å². The summed E-state index contributed by atoms with van der Waals surface area (Å²) in [4.78, 5) is 25.2. The molecule has 2 unspecified atom stereocenters. The number of rotatable bonds is 5. The molecule has 1 N–H and O–H groups in total. The van der Waals surface area contributed by atoms with Crippen LogP contribution < -0.4 is 0 Å². The molecule has 24 heavy (non-hydrogen) atoms. The summed E-state index contributed by atoms with van der Waals surface area (Å²) in [7, 11) is -2.40. The minimum atomic E-state index is -3.75. The summed E-state index contributed by atoms with van der Waals surface area (Å²) >= 11 is 0. The number of amides is 1. The van der Waals surface area contributed by atoms with Crippen molar-refractivity contribution in [2.24, 2.45) is 5.92 Å². The van der Waals surface area contributed by atoms with Crippen LogP contribution >= 0.6 is 0 Å². The van der Waals surface area contributed by atoms with Crippen LogP contribution in [-0.2, 0) is 19.6 Å². The molecule has 1 saturated heterocycles. The first kappa shape index (κ1) is 18.4. The maximum Gasteiger partial charge on any atom is 0.308 e. The fourth-order valence-electron chi connectivity index (χ4n) is 2.79. The number of carbonyl (C=O) groups is 2. The summed E-state index contributed by atoms with van der Waals surface area (Å²) in [5, 5.41) is 9.14. The highest BCUT2D eigenvalue weighted by Gasteiger charge is 2.34. The molecular weight excluding hydrogens is 332 g/mol. The molecular formula is C16H22N2O5S. The Labute approximate surface area is 141 Å². The molecule has 1 amide bonds. The van der Waals surface area contributed by atoms with Crippen LogP contribution in [0.15, 0.2) is 35.2 Å². The lowest BCUT2D eigenvalue weighted by molar-refractivity contribution is -0.147. The quantitative estimate of drug-likeness (QED) is 0.852. The molecule has 1 aromatic rings. The van der Waals surface area contributed by atoms with Crippen LogP contribution in [-0.4, -0.2) is 60.8 Å². The second kappa shape index (κ2) is 7.31. The van der Waals surface area contributed by atoms with Crippen LogP contribution in [0.2, 0.25) is 0 Å². The average Bonchev–Trinajstić information content (AvgIpc) is 2.55. The molecule has 7 nitrogen and oxygen atoms in total. The Balaban J connectivity index is 2.09. The van der Waals surface area contributed by atoms with Gasteiger partial charge in [-0.15, -0.1) is 0 Å². The molecule has 1 aliphatic heterocycles. The zero-order valence-corrected chi connectivity index (χ0v) is 14.6. The van der Waals surface area contributed by atoms with Crippen LogP contribution in [0.25, 0.3) is 0 Å². The summed E-state index contributed by atoms with van der Waals surface area (Å²) in [5.41, 5.74) is 0. The molecule has 0 aliphatic carbocycles. The number of aliphatic carboxylic acids is 1. The van der Waals surface area contributed by atoms with E-state index in [1.54, 1.807) is 18.2 Å². The van der Waals surface area contributed by atoms with E-state index in [2.05, 4.69) is 0 Å². The first-order valence-electron chi connectivity index (χ1n) is 7.77. The second-order valence-electron chi connectivity index (χ2n) is 6.08. The number of piperidine rings is 1. The van der Waals surface area contributed by atoms with Gasteiger partial charge in [0.15, 0.2) is 0 Å². The van der Waals surface area contributed by atoms with Crippen LogP contribution in [0.1, 0.15) is 19.8 Å². The van der Waals surface area contributed by atoms with E-state index in [1.807, 2.05) is 6.92 Å². The van der Waals surface area contributed by atoms with Crippen molar-refractivity contribution >= 4 is 21.9 Å². The normalized spacial score (nSPS) is 21.7. The van der Waals surface area contributed by atoms with Crippen molar-refractivity contribution in [3.8, 4) is 0 Å². The Hall–Kier alpha value is -1.93. The summed E-state index contributed by atoms with van der Waals surface area (Å²) in [6.07, 6.45) is 1.12. The molecule has 2 rings (SSSR count). The topological polar surface area (TPSA) is 95.0 Å². The van der Waals surface area contributed by atoms with Crippen molar-refractivity contribution in [2.75, 3.05) is 20.1 Å². The number of benzene rings is 1. The highest BCUT2D eigenvalue weighted by Crippen LogP contribution is 2.23. The maximum absolute atomic E-state index is 12.5. The van der Waals surface area contributed by atoms with E-state index in [0.717, 1.165) is 4.31 Å². The van der Waals surface area contributed by atoms with E-state index in [0.29, 0.717) is 12.8 Å². The fourth-order valence-corrected chi connectivity index (χ4v) is 3.94. The third-order valence-electron chi connectivity index (χ3n) is 4.36. The number of carboxylic acids is 1. The number of likely N-dealkylation sites (tertiary alicyclic amines) is 1. The van der Waals surface area contributed by atoms with Gasteiger partial charge in [0.2, 0.25) is 15.9 Å². The lowest BCUT2D eigenvalue weighted by Gasteiger charge is -2.37. The number of hydrogen-bond donors (Lipinski definition) is 1. The molecule has 1 heterocycles. The van der Waals surface area contributed by atoms with Gasteiger partial charge in [-0.25, -0.2) is 8.42 Å². The second-order valence-corrected chi connectivity index (χ2v) is 8.13. The monoisotopic (exact) mass is 354 g/mol. The molecule has 132 valence electrons. The van der Waals surface area contributed by atoms with Crippen molar-refractivity contribution < 1.29 is 23.1 Å². The smallest absolute Gasteiger partial charge is 0.308 e. The van der Waals surface area contributed by atoms with Crippen molar-refractivity contribution in [3.63, 3.8) is 0 Å². The van der Waals surface area contributed by atoms with Crippen molar-refractivity contribution in [1.29, 1.82) is 0 Å². The van der Waals surface area contributed by atoms with Gasteiger partial charge in [-0.1, -0.05) is 18.2 Å². The average molecular weight is 354 g/mol. The first-order chi connectivity index (χ1) is 11.2. The fraction of sp³-hybridized carbons (Fsp3) is 0.500. The number of sulfonamides is 1. The third kappa shape index (κ3) is 3.93. The molecule has 2 atom stereocenters. The number of nitrogens with zero attached hydrogens (tertiary/aromatic N) is 2. The molecule has 1 fully saturated rings. The van der Waals surface area contributed by atoms with Crippen molar-refractivity contribution in [1.82, 2.24) is 9.21 Å². The van der Waals surface area contributed by atoms with Crippen molar-refractivity contribution in [3.05, 3.63) is 30.3 Å². The molecule has 0 saturated carbocycles. The van der Waals surface area contributed by atoms with E-state index < -0.39 is 21.9 Å². The van der Waals surface area contributed by atoms with Gasteiger partial charge in [-0.05, 0) is 31.9 Å². The van der Waals surface area contributed by atoms with Crippen LogP contribution in [0.5, 0.6) is 0 Å². The first-order valence-corrected chi connectivity index (χ1v) is 9.21. The molecule has 0 bridgehead atoms. The number of likely N-dealkylation sites (N-methyl/N-ethyl adjacent to an activating group) is 1. The number of carbonyl (C=O) groups excluding carboxylic acids is 1. The Kier molecular flexibility index (Phi) is 5.61. The zero-order chi connectivity index (χ0) is 17.9. The SMILES string of the molecule is CC1CCC(C(=O)O)CN1C(=O)CN(C)S(=O)(=O)c1ccccc1. The van der Waals surface area contributed by atoms with Gasteiger partial charge in [0.25, 0.3) is 0 Å². The Morgan fingerprint density at radius 2 is 1.88 bits per heavy atom. The van der Waals surface area contributed by atoms with Gasteiger partial charge in [-0.3, -0.25) is 9.59 Å². The van der Waals surface area contributed by atoms with E-state index >= 15 is 0 Å². The maximum atomic E-state index is 12.5. The van der Waals surface area contributed by atoms with Gasteiger partial charge in [0, 0.05) is 19.6 Å². The minimum absolute atomic E-state index is 0.0964. The van der Waals surface area contributed by atoms with Gasteiger partial charge < -0.3 is 10.0 Å². The van der Waals surface area contributed by atoms with Crippen LogP contribution in [0.4, 0.5) is 0 Å². The van der Waals surface area contributed by atoms with E-state index in [-0.39, 0.29) is 29.9 Å². The lowest BCUT2D eigenvalue weighted by atomic mass is 9.93. The van der Waals surface area contributed by atoms with Crippen LogP contribution in [0.3, 0.4) is 0 Å². The third-order valence-corrected chi connectivity index (χ3v) is 6.18. The Morgan fingerprint density at radius 1 is 1.25 bits per heavy atom. The summed E-state index contributed by atoms with van der Waals surface area (Å²) in [6, 6.07) is 7.80. The standard InChI is InChI=1S/C16H22N2O5S/c1-12-8-9-13(16(20)21)10-18(12)15(19)11-17(2)24(22,23)14-6-4-3-5-7-14/h3-7,12-13H,8-11H2,1-2H3,(H,20,21). The molecule has 0 aromatic heterocycles. The van der Waals surface area contributed by atoms with Gasteiger partial charge in [0.1, 0.15) is 0 Å². The lowest BCUT2D eigenvalue weighted by Crippen LogP contribution is -2.50. The molecule has 8 heteroatoms. The molecule has 0 radical (unpaired) electrons. The number of hydrogen-bond acceptors (Lipinski definition) is 4. The predicted molar refractivity (Wildman–Crippen MR) is 87.8 cm³/mol.